The zero-order valence-corrected chi connectivity index (χ0v) is 17.1. The summed E-state index contributed by atoms with van der Waals surface area (Å²) in [4.78, 5) is 4.36. The van der Waals surface area contributed by atoms with E-state index in [-0.39, 0.29) is 0 Å². The maximum atomic E-state index is 5.31. The molecular formula is C19H30BrN3O2. The molecule has 0 aliphatic heterocycles. The molecule has 1 aromatic rings. The summed E-state index contributed by atoms with van der Waals surface area (Å²) < 4.78 is 11.5. The average Bonchev–Trinajstić information content (AvgIpc) is 3.09. The predicted molar refractivity (Wildman–Crippen MR) is 106 cm³/mol. The summed E-state index contributed by atoms with van der Waals surface area (Å²) in [6, 6.07) is 6.09. The lowest BCUT2D eigenvalue weighted by molar-refractivity contribution is 0.138. The summed E-state index contributed by atoms with van der Waals surface area (Å²) in [5.74, 6) is 1.68. The minimum atomic E-state index is 0.344. The second-order valence-corrected chi connectivity index (χ2v) is 7.55. The Kier molecular flexibility index (Phi) is 8.03. The number of halogens is 1. The highest BCUT2D eigenvalue weighted by Crippen LogP contribution is 2.40. The number of nitrogens with one attached hydrogen (secondary N) is 2. The van der Waals surface area contributed by atoms with Crippen LogP contribution in [0.4, 0.5) is 0 Å². The lowest BCUT2D eigenvalue weighted by Crippen LogP contribution is -2.43. The number of hydrogen-bond donors (Lipinski definition) is 2. The van der Waals surface area contributed by atoms with Crippen molar-refractivity contribution in [3.05, 3.63) is 28.2 Å². The molecule has 1 aromatic carbocycles. The van der Waals surface area contributed by atoms with Crippen LogP contribution in [0.5, 0.6) is 5.75 Å². The molecule has 0 heterocycles. The van der Waals surface area contributed by atoms with Crippen LogP contribution in [-0.4, -0.2) is 40.4 Å². The first-order chi connectivity index (χ1) is 12.1. The first kappa shape index (κ1) is 20.0. The highest BCUT2D eigenvalue weighted by Gasteiger charge is 2.33. The van der Waals surface area contributed by atoms with Crippen molar-refractivity contribution in [3.8, 4) is 5.75 Å². The van der Waals surface area contributed by atoms with Crippen molar-refractivity contribution in [3.63, 3.8) is 0 Å². The summed E-state index contributed by atoms with van der Waals surface area (Å²) in [6.45, 7) is 2.49. The van der Waals surface area contributed by atoms with Crippen LogP contribution in [0.25, 0.3) is 0 Å². The predicted octanol–water partition coefficient (Wildman–Crippen LogP) is 3.72. The normalized spacial score (nSPS) is 16.7. The van der Waals surface area contributed by atoms with E-state index in [0.29, 0.717) is 12.0 Å². The van der Waals surface area contributed by atoms with E-state index >= 15 is 0 Å². The third-order valence-corrected chi connectivity index (χ3v) is 5.65. The molecule has 6 heteroatoms. The molecule has 5 nitrogen and oxygen atoms in total. The molecule has 0 radical (unpaired) electrons. The minimum Gasteiger partial charge on any atom is -0.496 e. The minimum absolute atomic E-state index is 0.344. The van der Waals surface area contributed by atoms with Crippen molar-refractivity contribution in [2.24, 2.45) is 10.4 Å². The van der Waals surface area contributed by atoms with Gasteiger partial charge in [-0.15, -0.1) is 0 Å². The molecule has 140 valence electrons. The second-order valence-electron chi connectivity index (χ2n) is 6.70. The number of hydrogen-bond acceptors (Lipinski definition) is 3. The van der Waals surface area contributed by atoms with E-state index in [9.17, 15) is 0 Å². The van der Waals surface area contributed by atoms with Gasteiger partial charge in [-0.05, 0) is 58.3 Å². The van der Waals surface area contributed by atoms with Gasteiger partial charge in [0.05, 0.1) is 11.6 Å². The Labute approximate surface area is 159 Å². The first-order valence-electron chi connectivity index (χ1n) is 8.88. The number of aliphatic imine (C=N–C) groups is 1. The molecule has 0 spiro atoms. The zero-order valence-electron chi connectivity index (χ0n) is 15.5. The SMILES string of the molecule is CN=C(NCc1ccc(OC)c(Br)c1)NCC1(CCOC)CCCC1. The Hall–Kier alpha value is -1.27. The molecule has 2 N–H and O–H groups in total. The van der Waals surface area contributed by atoms with E-state index in [0.717, 1.165) is 35.8 Å². The van der Waals surface area contributed by atoms with Gasteiger partial charge in [0.25, 0.3) is 0 Å². The summed E-state index contributed by atoms with van der Waals surface area (Å²) in [5.41, 5.74) is 1.52. The number of rotatable bonds is 8. The van der Waals surface area contributed by atoms with Crippen LogP contribution >= 0.6 is 15.9 Å². The third kappa shape index (κ3) is 5.89. The zero-order chi connectivity index (χ0) is 18.1. The van der Waals surface area contributed by atoms with E-state index in [1.54, 1.807) is 14.2 Å². The standard InChI is InChI=1S/C19H30BrN3O2/c1-21-18(22-13-15-6-7-17(25-3)16(20)12-15)23-14-19(10-11-24-2)8-4-5-9-19/h6-7,12H,4-5,8-11,13-14H2,1-3H3,(H2,21,22,23). The fourth-order valence-electron chi connectivity index (χ4n) is 3.46. The van der Waals surface area contributed by atoms with Crippen molar-refractivity contribution >= 4 is 21.9 Å². The Morgan fingerprint density at radius 2 is 2.00 bits per heavy atom. The Bertz CT molecular complexity index is 572. The van der Waals surface area contributed by atoms with Gasteiger partial charge in [-0.3, -0.25) is 4.99 Å². The van der Waals surface area contributed by atoms with Crippen LogP contribution in [0.1, 0.15) is 37.7 Å². The van der Waals surface area contributed by atoms with Gasteiger partial charge >= 0.3 is 0 Å². The molecule has 25 heavy (non-hydrogen) atoms. The van der Waals surface area contributed by atoms with Gasteiger partial charge in [0.2, 0.25) is 0 Å². The van der Waals surface area contributed by atoms with Crippen molar-refractivity contribution < 1.29 is 9.47 Å². The molecular weight excluding hydrogens is 382 g/mol. The number of methoxy groups -OCH3 is 2. The van der Waals surface area contributed by atoms with E-state index in [2.05, 4.69) is 43.7 Å². The maximum Gasteiger partial charge on any atom is 0.191 e. The van der Waals surface area contributed by atoms with Gasteiger partial charge in [0, 0.05) is 33.9 Å². The third-order valence-electron chi connectivity index (χ3n) is 5.03. The van der Waals surface area contributed by atoms with Gasteiger partial charge < -0.3 is 20.1 Å². The summed E-state index contributed by atoms with van der Waals surface area (Å²) in [6.07, 6.45) is 6.28. The molecule has 2 rings (SSSR count). The van der Waals surface area contributed by atoms with E-state index < -0.39 is 0 Å². The van der Waals surface area contributed by atoms with Crippen molar-refractivity contribution in [1.29, 1.82) is 0 Å². The molecule has 0 bridgehead atoms. The van der Waals surface area contributed by atoms with Crippen LogP contribution in [0.15, 0.2) is 27.7 Å². The van der Waals surface area contributed by atoms with Gasteiger partial charge in [-0.25, -0.2) is 0 Å². The van der Waals surface area contributed by atoms with Crippen LogP contribution in [0.3, 0.4) is 0 Å². The van der Waals surface area contributed by atoms with Crippen LogP contribution in [0, 0.1) is 5.41 Å². The second kappa shape index (κ2) is 10.0. The van der Waals surface area contributed by atoms with Crippen LogP contribution in [-0.2, 0) is 11.3 Å². The summed E-state index contributed by atoms with van der Waals surface area (Å²) >= 11 is 3.53. The number of guanidine groups is 1. The lowest BCUT2D eigenvalue weighted by atomic mass is 9.83. The number of ether oxygens (including phenoxy) is 2. The Morgan fingerprint density at radius 3 is 2.60 bits per heavy atom. The highest BCUT2D eigenvalue weighted by atomic mass is 79.9. The summed E-state index contributed by atoms with van der Waals surface area (Å²) in [5, 5.41) is 6.91. The number of nitrogens with zero attached hydrogens (tertiary/aromatic N) is 1. The van der Waals surface area contributed by atoms with E-state index in [4.69, 9.17) is 9.47 Å². The largest absolute Gasteiger partial charge is 0.496 e. The van der Waals surface area contributed by atoms with Crippen LogP contribution < -0.4 is 15.4 Å². The van der Waals surface area contributed by atoms with E-state index in [1.165, 1.54) is 31.2 Å². The first-order valence-corrected chi connectivity index (χ1v) is 9.68. The topological polar surface area (TPSA) is 54.9 Å². The molecule has 1 aliphatic carbocycles. The van der Waals surface area contributed by atoms with Gasteiger partial charge in [0.1, 0.15) is 5.75 Å². The average molecular weight is 412 g/mol. The van der Waals surface area contributed by atoms with Gasteiger partial charge in [-0.1, -0.05) is 18.9 Å². The summed E-state index contributed by atoms with van der Waals surface area (Å²) in [7, 11) is 5.27. The fraction of sp³-hybridized carbons (Fsp3) is 0.632. The quantitative estimate of drug-likeness (QED) is 0.505. The molecule has 1 saturated carbocycles. The monoisotopic (exact) mass is 411 g/mol. The molecule has 0 aromatic heterocycles. The van der Waals surface area contributed by atoms with Gasteiger partial charge in [-0.2, -0.15) is 0 Å². The molecule has 1 aliphatic rings. The maximum absolute atomic E-state index is 5.31. The Balaban J connectivity index is 1.86. The van der Waals surface area contributed by atoms with Crippen molar-refractivity contribution in [2.45, 2.75) is 38.6 Å². The molecule has 0 amide bonds. The molecule has 0 saturated heterocycles. The number of benzene rings is 1. The van der Waals surface area contributed by atoms with Crippen LogP contribution in [0.2, 0.25) is 0 Å². The molecule has 1 fully saturated rings. The fourth-order valence-corrected chi connectivity index (χ4v) is 4.04. The lowest BCUT2D eigenvalue weighted by Gasteiger charge is -2.30. The van der Waals surface area contributed by atoms with E-state index in [1.807, 2.05) is 13.1 Å². The Morgan fingerprint density at radius 1 is 1.24 bits per heavy atom. The molecule has 0 atom stereocenters. The van der Waals surface area contributed by atoms with Crippen molar-refractivity contribution in [2.75, 3.05) is 34.4 Å². The molecule has 0 unspecified atom stereocenters. The smallest absolute Gasteiger partial charge is 0.191 e. The van der Waals surface area contributed by atoms with Crippen molar-refractivity contribution in [1.82, 2.24) is 10.6 Å². The van der Waals surface area contributed by atoms with Gasteiger partial charge in [0.15, 0.2) is 5.96 Å². The highest BCUT2D eigenvalue weighted by molar-refractivity contribution is 9.10.